The van der Waals surface area contributed by atoms with Crippen LogP contribution in [0.1, 0.15) is 12.5 Å². The largest absolute Gasteiger partial charge is 0.494 e. The highest BCUT2D eigenvalue weighted by Crippen LogP contribution is 2.24. The fourth-order valence-electron chi connectivity index (χ4n) is 1.52. The maximum absolute atomic E-state index is 9.04. The Kier molecular flexibility index (Phi) is 4.15. The molecule has 1 N–H and O–H groups in total. The maximum atomic E-state index is 9.04. The topological polar surface area (TPSA) is 51.6 Å². The molecule has 0 aliphatic heterocycles. The van der Waals surface area contributed by atoms with Crippen molar-refractivity contribution in [1.82, 2.24) is 4.98 Å². The number of hydrogen-bond donors (Lipinski definition) is 1. The Morgan fingerprint density at radius 2 is 2.00 bits per heavy atom. The molecule has 0 radical (unpaired) electrons. The first kappa shape index (κ1) is 12.4. The van der Waals surface area contributed by atoms with Crippen LogP contribution >= 0.6 is 0 Å². The smallest absolute Gasteiger partial charge is 0.219 e. The van der Waals surface area contributed by atoms with E-state index in [0.717, 1.165) is 11.3 Å². The second kappa shape index (κ2) is 6.02. The lowest BCUT2D eigenvalue weighted by atomic mass is 10.3. The molecule has 0 fully saturated rings. The molecule has 0 amide bonds. The molecule has 0 saturated carbocycles. The molecule has 0 aliphatic carbocycles. The zero-order valence-corrected chi connectivity index (χ0v) is 10.2. The molecule has 0 bridgehead atoms. The molecule has 2 aromatic rings. The van der Waals surface area contributed by atoms with Gasteiger partial charge in [0.1, 0.15) is 11.5 Å². The molecule has 18 heavy (non-hydrogen) atoms. The van der Waals surface area contributed by atoms with Crippen LogP contribution in [-0.4, -0.2) is 16.7 Å². The summed E-state index contributed by atoms with van der Waals surface area (Å²) in [4.78, 5) is 4.08. The molecule has 1 aromatic heterocycles. The molecule has 1 heterocycles. The molecule has 0 atom stereocenters. The van der Waals surface area contributed by atoms with Crippen molar-refractivity contribution in [3.8, 4) is 17.4 Å². The number of aromatic nitrogens is 1. The van der Waals surface area contributed by atoms with Crippen molar-refractivity contribution < 1.29 is 14.6 Å². The number of ether oxygens (including phenoxy) is 2. The van der Waals surface area contributed by atoms with Crippen molar-refractivity contribution in [3.63, 3.8) is 0 Å². The summed E-state index contributed by atoms with van der Waals surface area (Å²) in [6.07, 6.45) is 1.60. The van der Waals surface area contributed by atoms with Gasteiger partial charge in [0.15, 0.2) is 0 Å². The minimum atomic E-state index is -0.0299. The Balaban J connectivity index is 2.14. The van der Waals surface area contributed by atoms with E-state index in [4.69, 9.17) is 14.6 Å². The molecule has 1 aromatic carbocycles. The van der Waals surface area contributed by atoms with Gasteiger partial charge >= 0.3 is 0 Å². The van der Waals surface area contributed by atoms with Crippen molar-refractivity contribution >= 4 is 0 Å². The quantitative estimate of drug-likeness (QED) is 0.880. The third kappa shape index (κ3) is 3.21. The number of pyridine rings is 1. The van der Waals surface area contributed by atoms with Gasteiger partial charge in [0, 0.05) is 18.3 Å². The van der Waals surface area contributed by atoms with Gasteiger partial charge in [-0.2, -0.15) is 0 Å². The summed E-state index contributed by atoms with van der Waals surface area (Å²) >= 11 is 0. The summed E-state index contributed by atoms with van der Waals surface area (Å²) in [6.45, 7) is 2.51. The third-order valence-corrected chi connectivity index (χ3v) is 2.32. The molecule has 0 aliphatic rings. The molecule has 4 nitrogen and oxygen atoms in total. The minimum absolute atomic E-state index is 0.0299. The summed E-state index contributed by atoms with van der Waals surface area (Å²) in [5.74, 6) is 1.87. The van der Waals surface area contributed by atoms with E-state index in [-0.39, 0.29) is 6.61 Å². The van der Waals surface area contributed by atoms with Crippen LogP contribution in [0.4, 0.5) is 0 Å². The average molecular weight is 245 g/mol. The van der Waals surface area contributed by atoms with Gasteiger partial charge in [-0.1, -0.05) is 6.07 Å². The van der Waals surface area contributed by atoms with Gasteiger partial charge in [-0.25, -0.2) is 4.98 Å². The van der Waals surface area contributed by atoms with E-state index >= 15 is 0 Å². The fourth-order valence-corrected chi connectivity index (χ4v) is 1.52. The van der Waals surface area contributed by atoms with Crippen molar-refractivity contribution in [2.24, 2.45) is 0 Å². The van der Waals surface area contributed by atoms with Gasteiger partial charge in [-0.3, -0.25) is 0 Å². The number of nitrogens with zero attached hydrogens (tertiary/aromatic N) is 1. The van der Waals surface area contributed by atoms with Crippen molar-refractivity contribution in [1.29, 1.82) is 0 Å². The van der Waals surface area contributed by atoms with Crippen LogP contribution in [0.3, 0.4) is 0 Å². The Morgan fingerprint density at radius 3 is 2.78 bits per heavy atom. The molecule has 2 rings (SSSR count). The molecule has 94 valence electrons. The monoisotopic (exact) mass is 245 g/mol. The molecule has 0 spiro atoms. The van der Waals surface area contributed by atoms with Crippen LogP contribution in [0.15, 0.2) is 42.6 Å². The highest BCUT2D eigenvalue weighted by molar-refractivity contribution is 5.35. The molecule has 0 saturated heterocycles. The predicted octanol–water partition coefficient (Wildman–Crippen LogP) is 2.76. The number of hydrogen-bond acceptors (Lipinski definition) is 4. The second-order valence-corrected chi connectivity index (χ2v) is 3.67. The highest BCUT2D eigenvalue weighted by Gasteiger charge is 2.01. The summed E-state index contributed by atoms with van der Waals surface area (Å²) in [5, 5.41) is 9.04. The van der Waals surface area contributed by atoms with E-state index in [2.05, 4.69) is 4.98 Å². The van der Waals surface area contributed by atoms with Gasteiger partial charge in [-0.05, 0) is 30.7 Å². The first-order chi connectivity index (χ1) is 8.81. The van der Waals surface area contributed by atoms with Crippen LogP contribution in [0.25, 0.3) is 0 Å². The Morgan fingerprint density at radius 1 is 1.17 bits per heavy atom. The Labute approximate surface area is 106 Å². The minimum Gasteiger partial charge on any atom is -0.494 e. The van der Waals surface area contributed by atoms with Crippen molar-refractivity contribution in [2.45, 2.75) is 13.5 Å². The Bertz CT molecular complexity index is 514. The molecular weight excluding hydrogens is 230 g/mol. The number of aliphatic hydroxyl groups is 1. The van der Waals surface area contributed by atoms with Gasteiger partial charge in [0.05, 0.1) is 13.2 Å². The molecular formula is C14H15NO3. The third-order valence-electron chi connectivity index (χ3n) is 2.32. The van der Waals surface area contributed by atoms with Gasteiger partial charge in [0.2, 0.25) is 5.88 Å². The van der Waals surface area contributed by atoms with Gasteiger partial charge < -0.3 is 14.6 Å². The maximum Gasteiger partial charge on any atom is 0.219 e. The number of rotatable bonds is 5. The summed E-state index contributed by atoms with van der Waals surface area (Å²) < 4.78 is 11.0. The average Bonchev–Trinajstić information content (AvgIpc) is 2.40. The zero-order chi connectivity index (χ0) is 12.8. The van der Waals surface area contributed by atoms with E-state index in [1.54, 1.807) is 24.4 Å². The van der Waals surface area contributed by atoms with Crippen LogP contribution in [0.5, 0.6) is 17.4 Å². The standard InChI is InChI=1S/C14H15NO3/c1-2-17-12-4-3-5-13(9-12)18-14-8-11(10-16)6-7-15-14/h3-9,16H,2,10H2,1H3. The second-order valence-electron chi connectivity index (χ2n) is 3.67. The van der Waals surface area contributed by atoms with E-state index in [9.17, 15) is 0 Å². The highest BCUT2D eigenvalue weighted by atomic mass is 16.5. The lowest BCUT2D eigenvalue weighted by molar-refractivity contribution is 0.281. The first-order valence-electron chi connectivity index (χ1n) is 5.78. The SMILES string of the molecule is CCOc1cccc(Oc2cc(CO)ccn2)c1. The van der Waals surface area contributed by atoms with E-state index in [1.165, 1.54) is 0 Å². The molecule has 0 unspecified atom stereocenters. The van der Waals surface area contributed by atoms with Crippen molar-refractivity contribution in [3.05, 3.63) is 48.2 Å². The van der Waals surface area contributed by atoms with Crippen molar-refractivity contribution in [2.75, 3.05) is 6.61 Å². The number of aliphatic hydroxyl groups excluding tert-OH is 1. The normalized spacial score (nSPS) is 10.1. The number of benzene rings is 1. The predicted molar refractivity (Wildman–Crippen MR) is 67.8 cm³/mol. The van der Waals surface area contributed by atoms with E-state index in [1.807, 2.05) is 25.1 Å². The molecule has 4 heteroatoms. The lowest BCUT2D eigenvalue weighted by Gasteiger charge is -2.08. The lowest BCUT2D eigenvalue weighted by Crippen LogP contribution is -1.93. The van der Waals surface area contributed by atoms with Gasteiger partial charge in [-0.15, -0.1) is 0 Å². The van der Waals surface area contributed by atoms with E-state index in [0.29, 0.717) is 18.2 Å². The van der Waals surface area contributed by atoms with Crippen LogP contribution in [0.2, 0.25) is 0 Å². The first-order valence-corrected chi connectivity index (χ1v) is 5.78. The van der Waals surface area contributed by atoms with Gasteiger partial charge in [0.25, 0.3) is 0 Å². The van der Waals surface area contributed by atoms with Crippen LogP contribution in [0, 0.1) is 0 Å². The van der Waals surface area contributed by atoms with Crippen LogP contribution < -0.4 is 9.47 Å². The zero-order valence-electron chi connectivity index (χ0n) is 10.2. The summed E-state index contributed by atoms with van der Waals surface area (Å²) in [7, 11) is 0. The summed E-state index contributed by atoms with van der Waals surface area (Å²) in [5.41, 5.74) is 0.765. The fraction of sp³-hybridized carbons (Fsp3) is 0.214. The van der Waals surface area contributed by atoms with Crippen LogP contribution in [-0.2, 0) is 6.61 Å². The van der Waals surface area contributed by atoms with E-state index < -0.39 is 0 Å². The Hall–Kier alpha value is -2.07. The summed E-state index contributed by atoms with van der Waals surface area (Å²) in [6, 6.07) is 10.8.